The lowest BCUT2D eigenvalue weighted by Gasteiger charge is -2.20. The smallest absolute Gasteiger partial charge is 0.261 e. The fourth-order valence-electron chi connectivity index (χ4n) is 2.96. The monoisotopic (exact) mass is 447 g/mol. The lowest BCUT2D eigenvalue weighted by atomic mass is 10.1. The number of ether oxygens (including phenoxy) is 1. The summed E-state index contributed by atoms with van der Waals surface area (Å²) in [6, 6.07) is 20.4. The number of hydrogen-bond donors (Lipinski definition) is 0. The van der Waals surface area contributed by atoms with Crippen molar-refractivity contribution in [1.29, 1.82) is 0 Å². The van der Waals surface area contributed by atoms with Crippen LogP contribution in [0.2, 0.25) is 5.02 Å². The molecule has 0 N–H and O–H groups in total. The Bertz CT molecular complexity index is 1130. The van der Waals surface area contributed by atoms with E-state index in [4.69, 9.17) is 16.3 Å². The maximum atomic E-state index is 13.1. The minimum atomic E-state index is -0.590. The lowest BCUT2D eigenvalue weighted by Crippen LogP contribution is -2.35. The Morgan fingerprint density at radius 3 is 2.03 bits per heavy atom. The van der Waals surface area contributed by atoms with Crippen LogP contribution in [0.5, 0.6) is 5.75 Å². The Morgan fingerprint density at radius 2 is 1.44 bits per heavy atom. The number of amides is 2. The van der Waals surface area contributed by atoms with Gasteiger partial charge in [0.15, 0.2) is 5.78 Å². The number of methoxy groups -OCH3 is 1. The molecule has 3 rings (SSSR count). The molecule has 0 radical (unpaired) electrons. The molecule has 0 saturated carbocycles. The molecule has 0 spiro atoms. The van der Waals surface area contributed by atoms with Crippen LogP contribution in [0, 0.1) is 6.92 Å². The van der Waals surface area contributed by atoms with Gasteiger partial charge in [-0.1, -0.05) is 41.4 Å². The van der Waals surface area contributed by atoms with Gasteiger partial charge >= 0.3 is 0 Å². The van der Waals surface area contributed by atoms with Gasteiger partial charge in [0.2, 0.25) is 0 Å². The third kappa shape index (κ3) is 5.93. The molecule has 3 aromatic carbocycles. The third-order valence-corrected chi connectivity index (χ3v) is 5.07. The summed E-state index contributed by atoms with van der Waals surface area (Å²) in [6.45, 7) is 2.03. The first-order chi connectivity index (χ1) is 15.4. The number of hydrogen-bond acceptors (Lipinski definition) is 4. The second kappa shape index (κ2) is 10.6. The van der Waals surface area contributed by atoms with Crippen molar-refractivity contribution in [3.05, 3.63) is 112 Å². The topological polar surface area (TPSA) is 63.7 Å². The van der Waals surface area contributed by atoms with Crippen molar-refractivity contribution < 1.29 is 19.1 Å². The highest BCUT2D eigenvalue weighted by molar-refractivity contribution is 6.30. The van der Waals surface area contributed by atoms with Gasteiger partial charge in [0.25, 0.3) is 11.8 Å². The number of ketones is 1. The highest BCUT2D eigenvalue weighted by atomic mass is 35.5. The highest BCUT2D eigenvalue weighted by Gasteiger charge is 2.22. The van der Waals surface area contributed by atoms with Crippen molar-refractivity contribution in [1.82, 2.24) is 4.90 Å². The van der Waals surface area contributed by atoms with Crippen molar-refractivity contribution >= 4 is 29.2 Å². The fraction of sp³-hybridized carbons (Fsp3) is 0.115. The van der Waals surface area contributed by atoms with Crippen LogP contribution in [0.25, 0.3) is 0 Å². The maximum Gasteiger partial charge on any atom is 0.261 e. The number of rotatable bonds is 7. The molecule has 0 aliphatic carbocycles. The number of carbonyl (C=O) groups excluding carboxylic acids is 3. The van der Waals surface area contributed by atoms with Gasteiger partial charge in [-0.05, 0) is 67.1 Å². The lowest BCUT2D eigenvalue weighted by molar-refractivity contribution is -0.124. The quantitative estimate of drug-likeness (QED) is 0.366. The number of halogens is 1. The van der Waals surface area contributed by atoms with Crippen molar-refractivity contribution in [3.8, 4) is 5.75 Å². The van der Waals surface area contributed by atoms with E-state index in [0.29, 0.717) is 21.9 Å². The third-order valence-electron chi connectivity index (χ3n) is 4.82. The molecular weight excluding hydrogens is 426 g/mol. The van der Waals surface area contributed by atoms with E-state index in [9.17, 15) is 14.4 Å². The van der Waals surface area contributed by atoms with Crippen molar-refractivity contribution in [3.63, 3.8) is 0 Å². The summed E-state index contributed by atoms with van der Waals surface area (Å²) in [5.74, 6) is -0.796. The number of carbonyl (C=O) groups is 3. The minimum absolute atomic E-state index is 0.0711. The van der Waals surface area contributed by atoms with E-state index in [2.05, 4.69) is 0 Å². The number of aryl methyl sites for hydroxylation is 1. The molecule has 5 nitrogen and oxygen atoms in total. The molecule has 0 heterocycles. The number of imide groups is 1. The van der Waals surface area contributed by atoms with Crippen LogP contribution in [0.15, 0.2) is 84.9 Å². The van der Waals surface area contributed by atoms with Gasteiger partial charge in [-0.3, -0.25) is 19.3 Å². The molecule has 6 heteroatoms. The van der Waals surface area contributed by atoms with E-state index >= 15 is 0 Å². The second-order valence-corrected chi connectivity index (χ2v) is 7.58. The van der Waals surface area contributed by atoms with E-state index < -0.39 is 11.8 Å². The maximum absolute atomic E-state index is 13.1. The molecule has 162 valence electrons. The van der Waals surface area contributed by atoms with E-state index in [1.165, 1.54) is 13.2 Å². The predicted octanol–water partition coefficient (Wildman–Crippen LogP) is 5.27. The average Bonchev–Trinajstić information content (AvgIpc) is 2.82. The van der Waals surface area contributed by atoms with Gasteiger partial charge in [-0.25, -0.2) is 0 Å². The Morgan fingerprint density at radius 1 is 0.844 bits per heavy atom. The molecule has 0 atom stereocenters. The van der Waals surface area contributed by atoms with Gasteiger partial charge in [0.1, 0.15) is 5.75 Å². The summed E-state index contributed by atoms with van der Waals surface area (Å²) in [5.41, 5.74) is 2.59. The summed E-state index contributed by atoms with van der Waals surface area (Å²) in [4.78, 5) is 39.6. The Labute approximate surface area is 191 Å². The molecule has 32 heavy (non-hydrogen) atoms. The Hall–Kier alpha value is -3.70. The van der Waals surface area contributed by atoms with Gasteiger partial charge in [-0.15, -0.1) is 0 Å². The molecule has 2 amide bonds. The molecule has 3 aromatic rings. The minimum Gasteiger partial charge on any atom is -0.497 e. The number of benzene rings is 3. The normalized spacial score (nSPS) is 10.7. The summed E-state index contributed by atoms with van der Waals surface area (Å²) >= 11 is 5.92. The Kier molecular flexibility index (Phi) is 7.58. The zero-order valence-corrected chi connectivity index (χ0v) is 18.5. The molecule has 0 fully saturated rings. The summed E-state index contributed by atoms with van der Waals surface area (Å²) in [5, 5.41) is 0.489. The van der Waals surface area contributed by atoms with Crippen LogP contribution in [-0.4, -0.2) is 29.6 Å². The van der Waals surface area contributed by atoms with E-state index in [-0.39, 0.29) is 12.3 Å². The molecule has 0 unspecified atom stereocenters. The van der Waals surface area contributed by atoms with Gasteiger partial charge in [0, 0.05) is 22.2 Å². The predicted molar refractivity (Wildman–Crippen MR) is 124 cm³/mol. The number of allylic oxidation sites excluding steroid dienone is 1. The first-order valence-corrected chi connectivity index (χ1v) is 10.3. The highest BCUT2D eigenvalue weighted by Crippen LogP contribution is 2.16. The fourth-order valence-corrected chi connectivity index (χ4v) is 3.09. The molecular formula is C26H22ClNO4. The SMILES string of the molecule is COc1ccc(C(=O)/C=C\C(=O)N(Cc2ccc(C)cc2)C(=O)c2ccc(Cl)cc2)cc1. The largest absolute Gasteiger partial charge is 0.497 e. The molecule has 0 aromatic heterocycles. The van der Waals surface area contributed by atoms with Gasteiger partial charge in [0.05, 0.1) is 13.7 Å². The second-order valence-electron chi connectivity index (χ2n) is 7.15. The summed E-state index contributed by atoms with van der Waals surface area (Å²) < 4.78 is 5.08. The van der Waals surface area contributed by atoms with Crippen LogP contribution in [0.4, 0.5) is 0 Å². The van der Waals surface area contributed by atoms with E-state index in [1.54, 1.807) is 48.5 Å². The standard InChI is InChI=1S/C26H22ClNO4/c1-18-3-5-19(6-4-18)17-28(26(31)21-7-11-22(27)12-8-21)25(30)16-15-24(29)20-9-13-23(32-2)14-10-20/h3-16H,17H2,1-2H3/b16-15-. The van der Waals surface area contributed by atoms with Crippen LogP contribution in [0.1, 0.15) is 31.8 Å². The summed E-state index contributed by atoms with van der Waals surface area (Å²) in [6.07, 6.45) is 2.29. The van der Waals surface area contributed by atoms with Crippen LogP contribution < -0.4 is 4.74 Å². The van der Waals surface area contributed by atoms with E-state index in [1.807, 2.05) is 31.2 Å². The zero-order chi connectivity index (χ0) is 23.1. The molecule has 0 bridgehead atoms. The van der Waals surface area contributed by atoms with Crippen molar-refractivity contribution in [2.24, 2.45) is 0 Å². The average molecular weight is 448 g/mol. The van der Waals surface area contributed by atoms with Gasteiger partial charge < -0.3 is 4.74 Å². The molecule has 0 saturated heterocycles. The first-order valence-electron chi connectivity index (χ1n) is 9.91. The van der Waals surface area contributed by atoms with Crippen molar-refractivity contribution in [2.45, 2.75) is 13.5 Å². The summed E-state index contributed by atoms with van der Waals surface area (Å²) in [7, 11) is 1.54. The zero-order valence-electron chi connectivity index (χ0n) is 17.7. The first kappa shape index (κ1) is 23.0. The Balaban J connectivity index is 1.83. The van der Waals surface area contributed by atoms with Crippen molar-refractivity contribution in [2.75, 3.05) is 7.11 Å². The van der Waals surface area contributed by atoms with E-state index in [0.717, 1.165) is 22.1 Å². The van der Waals surface area contributed by atoms with Gasteiger partial charge in [-0.2, -0.15) is 0 Å². The van der Waals surface area contributed by atoms with Crippen LogP contribution >= 0.6 is 11.6 Å². The van der Waals surface area contributed by atoms with Crippen LogP contribution in [-0.2, 0) is 11.3 Å². The molecule has 0 aliphatic heterocycles. The number of nitrogens with zero attached hydrogens (tertiary/aromatic N) is 1. The molecule has 0 aliphatic rings. The van der Waals surface area contributed by atoms with Crippen LogP contribution in [0.3, 0.4) is 0 Å².